The molecule has 104 valence electrons. The molecule has 1 aromatic rings. The summed E-state index contributed by atoms with van der Waals surface area (Å²) in [6, 6.07) is 4.92. The van der Waals surface area contributed by atoms with Crippen molar-refractivity contribution in [2.45, 2.75) is 13.8 Å². The minimum atomic E-state index is -0.535. The highest BCUT2D eigenvalue weighted by Crippen LogP contribution is 2.28. The molecule has 0 saturated heterocycles. The molecule has 20 heavy (non-hydrogen) atoms. The van der Waals surface area contributed by atoms with Gasteiger partial charge in [-0.2, -0.15) is 0 Å². The summed E-state index contributed by atoms with van der Waals surface area (Å²) in [5.74, 6) is 0.108. The molecule has 0 radical (unpaired) electrons. The van der Waals surface area contributed by atoms with Crippen LogP contribution in [-0.4, -0.2) is 24.9 Å². The van der Waals surface area contributed by atoms with E-state index in [9.17, 15) is 9.59 Å². The molecule has 1 heterocycles. The summed E-state index contributed by atoms with van der Waals surface area (Å²) in [4.78, 5) is 26.6. The summed E-state index contributed by atoms with van der Waals surface area (Å²) < 4.78 is 15.0. The van der Waals surface area contributed by atoms with Crippen molar-refractivity contribution >= 4 is 23.9 Å². The number of carbonyl (C=O) groups is 2. The molecule has 0 fully saturated rings. The molecule has 2 rings (SSSR count). The summed E-state index contributed by atoms with van der Waals surface area (Å²) in [5.41, 5.74) is 0.687. The Morgan fingerprint density at radius 1 is 1.40 bits per heavy atom. The Hall–Kier alpha value is -2.63. The molecule has 1 aliphatic rings. The SMILES string of the molecule is COc1ccc(/C=C2\N=C(C)OC2=O)c(OC(C)=O)c1. The Morgan fingerprint density at radius 2 is 2.15 bits per heavy atom. The van der Waals surface area contributed by atoms with Crippen LogP contribution >= 0.6 is 0 Å². The lowest BCUT2D eigenvalue weighted by Gasteiger charge is -2.08. The molecule has 0 atom stereocenters. The van der Waals surface area contributed by atoms with E-state index < -0.39 is 11.9 Å². The maximum absolute atomic E-state index is 11.5. The highest BCUT2D eigenvalue weighted by molar-refractivity contribution is 6.06. The van der Waals surface area contributed by atoms with Gasteiger partial charge in [-0.15, -0.1) is 0 Å². The van der Waals surface area contributed by atoms with E-state index in [0.717, 1.165) is 0 Å². The third-order valence-electron chi connectivity index (χ3n) is 2.49. The topological polar surface area (TPSA) is 74.2 Å². The van der Waals surface area contributed by atoms with Crippen LogP contribution in [0.4, 0.5) is 0 Å². The van der Waals surface area contributed by atoms with Crippen LogP contribution in [0.2, 0.25) is 0 Å². The van der Waals surface area contributed by atoms with Gasteiger partial charge in [-0.25, -0.2) is 9.79 Å². The summed E-state index contributed by atoms with van der Waals surface area (Å²) in [6.45, 7) is 2.88. The number of carbonyl (C=O) groups excluding carboxylic acids is 2. The number of aliphatic imine (C=N–C) groups is 1. The van der Waals surface area contributed by atoms with Crippen LogP contribution in [0.15, 0.2) is 28.9 Å². The molecular formula is C14H13NO5. The van der Waals surface area contributed by atoms with E-state index in [1.165, 1.54) is 20.1 Å². The molecular weight excluding hydrogens is 262 g/mol. The first kappa shape index (κ1) is 13.8. The number of esters is 2. The summed E-state index contributed by atoms with van der Waals surface area (Å²) in [6.07, 6.45) is 1.50. The van der Waals surface area contributed by atoms with Crippen LogP contribution in [0, 0.1) is 0 Å². The van der Waals surface area contributed by atoms with E-state index in [4.69, 9.17) is 14.2 Å². The predicted octanol–water partition coefficient (Wildman–Crippen LogP) is 1.94. The number of rotatable bonds is 3. The molecule has 0 unspecified atom stereocenters. The average Bonchev–Trinajstić information content (AvgIpc) is 2.69. The lowest BCUT2D eigenvalue weighted by Crippen LogP contribution is -2.04. The highest BCUT2D eigenvalue weighted by Gasteiger charge is 2.20. The van der Waals surface area contributed by atoms with Gasteiger partial charge in [0, 0.05) is 25.5 Å². The quantitative estimate of drug-likeness (QED) is 0.479. The number of methoxy groups -OCH3 is 1. The van der Waals surface area contributed by atoms with Crippen molar-refractivity contribution in [1.29, 1.82) is 0 Å². The van der Waals surface area contributed by atoms with Crippen molar-refractivity contribution in [3.8, 4) is 11.5 Å². The molecule has 0 N–H and O–H groups in total. The van der Waals surface area contributed by atoms with Crippen molar-refractivity contribution in [2.24, 2.45) is 4.99 Å². The van der Waals surface area contributed by atoms with Gasteiger partial charge in [-0.1, -0.05) is 0 Å². The Bertz CT molecular complexity index is 630. The minimum Gasteiger partial charge on any atom is -0.497 e. The fourth-order valence-corrected chi connectivity index (χ4v) is 1.67. The Balaban J connectivity index is 2.43. The van der Waals surface area contributed by atoms with Crippen LogP contribution in [0.5, 0.6) is 11.5 Å². The molecule has 0 amide bonds. The first-order valence-corrected chi connectivity index (χ1v) is 5.85. The van der Waals surface area contributed by atoms with Crippen molar-refractivity contribution in [3.05, 3.63) is 29.5 Å². The van der Waals surface area contributed by atoms with Gasteiger partial charge < -0.3 is 14.2 Å². The third kappa shape index (κ3) is 3.03. The predicted molar refractivity (Wildman–Crippen MR) is 71.5 cm³/mol. The van der Waals surface area contributed by atoms with Crippen molar-refractivity contribution in [1.82, 2.24) is 0 Å². The number of hydrogen-bond donors (Lipinski definition) is 0. The fraction of sp³-hybridized carbons (Fsp3) is 0.214. The smallest absolute Gasteiger partial charge is 0.363 e. The third-order valence-corrected chi connectivity index (χ3v) is 2.49. The normalized spacial score (nSPS) is 15.8. The maximum atomic E-state index is 11.5. The van der Waals surface area contributed by atoms with Crippen LogP contribution in [0.25, 0.3) is 6.08 Å². The number of cyclic esters (lactones) is 1. The van der Waals surface area contributed by atoms with Gasteiger partial charge in [0.1, 0.15) is 11.5 Å². The summed E-state index contributed by atoms with van der Waals surface area (Å²) in [7, 11) is 1.51. The Labute approximate surface area is 115 Å². The largest absolute Gasteiger partial charge is 0.497 e. The van der Waals surface area contributed by atoms with Gasteiger partial charge in [0.05, 0.1) is 7.11 Å². The molecule has 0 bridgehead atoms. The minimum absolute atomic E-state index is 0.154. The summed E-state index contributed by atoms with van der Waals surface area (Å²) >= 11 is 0. The standard InChI is InChI=1S/C14H13NO5/c1-8-15-12(14(17)19-8)6-10-4-5-11(18-3)7-13(10)20-9(2)16/h4-7H,1-3H3/b12-6-. The molecule has 1 aliphatic heterocycles. The van der Waals surface area contributed by atoms with Crippen LogP contribution in [0.3, 0.4) is 0 Å². The lowest BCUT2D eigenvalue weighted by molar-refractivity contribution is -0.132. The first-order chi connectivity index (χ1) is 9.49. The van der Waals surface area contributed by atoms with Gasteiger partial charge in [-0.3, -0.25) is 4.79 Å². The van der Waals surface area contributed by atoms with Crippen LogP contribution in [0.1, 0.15) is 19.4 Å². The van der Waals surface area contributed by atoms with E-state index in [2.05, 4.69) is 4.99 Å². The van der Waals surface area contributed by atoms with Crippen LogP contribution < -0.4 is 9.47 Å². The zero-order valence-corrected chi connectivity index (χ0v) is 11.3. The molecule has 6 nitrogen and oxygen atoms in total. The molecule has 1 aromatic carbocycles. The van der Waals surface area contributed by atoms with E-state index in [1.54, 1.807) is 25.1 Å². The van der Waals surface area contributed by atoms with E-state index in [-0.39, 0.29) is 17.3 Å². The number of benzene rings is 1. The van der Waals surface area contributed by atoms with E-state index in [0.29, 0.717) is 11.3 Å². The van der Waals surface area contributed by atoms with Gasteiger partial charge in [0.25, 0.3) is 0 Å². The lowest BCUT2D eigenvalue weighted by atomic mass is 10.1. The van der Waals surface area contributed by atoms with Gasteiger partial charge >= 0.3 is 11.9 Å². The van der Waals surface area contributed by atoms with Gasteiger partial charge in [0.15, 0.2) is 11.6 Å². The van der Waals surface area contributed by atoms with Crippen LogP contribution in [-0.2, 0) is 14.3 Å². The first-order valence-electron chi connectivity index (χ1n) is 5.85. The Kier molecular flexibility index (Phi) is 3.84. The monoisotopic (exact) mass is 275 g/mol. The number of hydrogen-bond acceptors (Lipinski definition) is 6. The Morgan fingerprint density at radius 3 is 2.70 bits per heavy atom. The average molecular weight is 275 g/mol. The second-order valence-corrected chi connectivity index (χ2v) is 4.05. The zero-order chi connectivity index (χ0) is 14.7. The molecule has 6 heteroatoms. The van der Waals surface area contributed by atoms with Gasteiger partial charge in [0.2, 0.25) is 0 Å². The number of nitrogens with zero attached hydrogens (tertiary/aromatic N) is 1. The zero-order valence-electron chi connectivity index (χ0n) is 11.3. The van der Waals surface area contributed by atoms with Crippen molar-refractivity contribution in [2.75, 3.05) is 7.11 Å². The molecule has 0 aliphatic carbocycles. The van der Waals surface area contributed by atoms with Crippen molar-refractivity contribution in [3.63, 3.8) is 0 Å². The second kappa shape index (κ2) is 5.56. The molecule has 0 spiro atoms. The number of ether oxygens (including phenoxy) is 3. The van der Waals surface area contributed by atoms with E-state index >= 15 is 0 Å². The van der Waals surface area contributed by atoms with E-state index in [1.807, 2.05) is 0 Å². The molecule has 0 saturated carbocycles. The fourth-order valence-electron chi connectivity index (χ4n) is 1.67. The van der Waals surface area contributed by atoms with Crippen molar-refractivity contribution < 1.29 is 23.8 Å². The maximum Gasteiger partial charge on any atom is 0.363 e. The molecule has 0 aromatic heterocycles. The summed E-state index contributed by atoms with van der Waals surface area (Å²) in [5, 5.41) is 0. The second-order valence-electron chi connectivity index (χ2n) is 4.05. The van der Waals surface area contributed by atoms with Gasteiger partial charge in [-0.05, 0) is 18.2 Å². The highest BCUT2D eigenvalue weighted by atomic mass is 16.6.